The number of nitrogens with zero attached hydrogens (tertiary/aromatic N) is 4. The number of thiazole rings is 1. The second kappa shape index (κ2) is 9.83. The molecular formula is C27H24N4OS2. The third-order valence-electron chi connectivity index (χ3n) is 5.61. The summed E-state index contributed by atoms with van der Waals surface area (Å²) in [5.74, 6) is 1.20. The van der Waals surface area contributed by atoms with E-state index in [0.717, 1.165) is 27.3 Å². The summed E-state index contributed by atoms with van der Waals surface area (Å²) in [6.45, 7) is 4.67. The van der Waals surface area contributed by atoms with Gasteiger partial charge in [-0.3, -0.25) is 14.3 Å². The van der Waals surface area contributed by atoms with Crippen molar-refractivity contribution in [1.82, 2.24) is 9.47 Å². The third kappa shape index (κ3) is 4.76. The fourth-order valence-electron chi connectivity index (χ4n) is 3.82. The Kier molecular flexibility index (Phi) is 6.47. The molecule has 1 aliphatic rings. The van der Waals surface area contributed by atoms with Crippen LogP contribution in [0.15, 0.2) is 94.4 Å². The van der Waals surface area contributed by atoms with Gasteiger partial charge < -0.3 is 0 Å². The van der Waals surface area contributed by atoms with Gasteiger partial charge in [0.05, 0.1) is 18.0 Å². The molecule has 5 rings (SSSR count). The van der Waals surface area contributed by atoms with E-state index in [4.69, 9.17) is 0 Å². The summed E-state index contributed by atoms with van der Waals surface area (Å²) >= 11 is 2.81. The Labute approximate surface area is 207 Å². The molecule has 0 atom stereocenters. The zero-order valence-electron chi connectivity index (χ0n) is 19.0. The molecule has 3 aromatic carbocycles. The predicted octanol–water partition coefficient (Wildman–Crippen LogP) is 6.41. The van der Waals surface area contributed by atoms with Crippen LogP contribution in [0.1, 0.15) is 16.7 Å². The largest absolute Gasteiger partial charge is 0.287 e. The minimum absolute atomic E-state index is 0.0101. The van der Waals surface area contributed by atoms with Crippen LogP contribution in [0.5, 0.6) is 0 Å². The molecule has 0 saturated carbocycles. The molecule has 1 fully saturated rings. The van der Waals surface area contributed by atoms with Crippen molar-refractivity contribution in [3.63, 3.8) is 0 Å². The molecular weight excluding hydrogens is 460 g/mol. The van der Waals surface area contributed by atoms with Gasteiger partial charge in [-0.2, -0.15) is 0 Å². The summed E-state index contributed by atoms with van der Waals surface area (Å²) in [7, 11) is 0. The number of benzene rings is 3. The Balaban J connectivity index is 1.58. The maximum absolute atomic E-state index is 12.5. The predicted molar refractivity (Wildman–Crippen MR) is 141 cm³/mol. The lowest BCUT2D eigenvalue weighted by Crippen LogP contribution is -2.28. The first-order chi connectivity index (χ1) is 16.6. The molecule has 170 valence electrons. The number of aryl methyl sites for hydroxylation is 2. The highest BCUT2D eigenvalue weighted by atomic mass is 32.2. The number of rotatable bonds is 5. The fraction of sp³-hybridized carbons (Fsp3) is 0.148. The summed E-state index contributed by atoms with van der Waals surface area (Å²) in [5, 5.41) is 11.3. The Bertz CT molecular complexity index is 1420. The zero-order chi connectivity index (χ0) is 23.5. The van der Waals surface area contributed by atoms with Crippen LogP contribution < -0.4 is 4.80 Å². The van der Waals surface area contributed by atoms with Gasteiger partial charge in [-0.25, -0.2) is 0 Å². The van der Waals surface area contributed by atoms with Crippen LogP contribution in [0, 0.1) is 13.8 Å². The number of amidine groups is 1. The first-order valence-corrected chi connectivity index (χ1v) is 12.9. The normalized spacial score (nSPS) is 15.5. The van der Waals surface area contributed by atoms with Crippen LogP contribution in [-0.4, -0.2) is 26.3 Å². The van der Waals surface area contributed by atoms with Crippen LogP contribution in [0.25, 0.3) is 16.9 Å². The summed E-state index contributed by atoms with van der Waals surface area (Å²) in [6.07, 6.45) is 0. The SMILES string of the molecule is Cc1ccc(-c2csc(=NN=C3CSC(=O)N3Cc3ccccc3)n2-c2cccc(C)c2)cc1. The van der Waals surface area contributed by atoms with Crippen molar-refractivity contribution in [3.8, 4) is 16.9 Å². The van der Waals surface area contributed by atoms with E-state index in [1.807, 2.05) is 30.3 Å². The van der Waals surface area contributed by atoms with Gasteiger partial charge in [0.1, 0.15) is 5.84 Å². The van der Waals surface area contributed by atoms with Crippen molar-refractivity contribution in [1.29, 1.82) is 0 Å². The average Bonchev–Trinajstić information content (AvgIpc) is 3.42. The minimum atomic E-state index is 0.0101. The maximum Gasteiger partial charge on any atom is 0.287 e. The number of carbonyl (C=O) groups excluding carboxylic acids is 1. The first kappa shape index (κ1) is 22.4. The van der Waals surface area contributed by atoms with Crippen LogP contribution >= 0.6 is 23.1 Å². The highest BCUT2D eigenvalue weighted by Gasteiger charge is 2.28. The number of aromatic nitrogens is 1. The van der Waals surface area contributed by atoms with Crippen molar-refractivity contribution in [2.45, 2.75) is 20.4 Å². The molecule has 2 heterocycles. The Hall–Kier alpha value is -3.42. The van der Waals surface area contributed by atoms with Gasteiger partial charge in [0.15, 0.2) is 0 Å². The lowest BCUT2D eigenvalue weighted by atomic mass is 10.1. The summed E-state index contributed by atoms with van der Waals surface area (Å²) < 4.78 is 2.14. The quantitative estimate of drug-likeness (QED) is 0.308. The van der Waals surface area contributed by atoms with Crippen LogP contribution in [-0.2, 0) is 6.54 Å². The van der Waals surface area contributed by atoms with E-state index in [9.17, 15) is 4.79 Å². The maximum atomic E-state index is 12.5. The monoisotopic (exact) mass is 484 g/mol. The summed E-state index contributed by atoms with van der Waals surface area (Å²) in [4.78, 5) is 15.0. The van der Waals surface area contributed by atoms with Gasteiger partial charge in [0.2, 0.25) is 4.80 Å². The van der Waals surface area contributed by atoms with E-state index in [1.165, 1.54) is 22.9 Å². The molecule has 0 radical (unpaired) electrons. The number of amides is 1. The molecule has 7 heteroatoms. The van der Waals surface area contributed by atoms with Gasteiger partial charge in [-0.05, 0) is 42.7 Å². The molecule has 34 heavy (non-hydrogen) atoms. The molecule has 5 nitrogen and oxygen atoms in total. The van der Waals surface area contributed by atoms with E-state index in [2.05, 4.69) is 82.5 Å². The topological polar surface area (TPSA) is 50.0 Å². The number of hydrogen-bond acceptors (Lipinski definition) is 5. The van der Waals surface area contributed by atoms with Crippen LogP contribution in [0.2, 0.25) is 0 Å². The lowest BCUT2D eigenvalue weighted by Gasteiger charge is -2.15. The van der Waals surface area contributed by atoms with E-state index < -0.39 is 0 Å². The second-order valence-corrected chi connectivity index (χ2v) is 9.95. The van der Waals surface area contributed by atoms with Gasteiger partial charge in [-0.1, -0.05) is 84.1 Å². The molecule has 0 bridgehead atoms. The molecule has 1 aliphatic heterocycles. The lowest BCUT2D eigenvalue weighted by molar-refractivity contribution is 0.244. The van der Waals surface area contributed by atoms with E-state index in [1.54, 1.807) is 16.2 Å². The first-order valence-electron chi connectivity index (χ1n) is 11.0. The second-order valence-electron chi connectivity index (χ2n) is 8.19. The molecule has 0 aliphatic carbocycles. The summed E-state index contributed by atoms with van der Waals surface area (Å²) in [6, 6.07) is 26.8. The zero-order valence-corrected chi connectivity index (χ0v) is 20.6. The van der Waals surface area contributed by atoms with Crippen molar-refractivity contribution in [2.24, 2.45) is 10.2 Å². The van der Waals surface area contributed by atoms with Crippen molar-refractivity contribution in [3.05, 3.63) is 106 Å². The molecule has 0 spiro atoms. The highest BCUT2D eigenvalue weighted by molar-refractivity contribution is 8.14. The molecule has 0 N–H and O–H groups in total. The van der Waals surface area contributed by atoms with Crippen molar-refractivity contribution >= 4 is 34.2 Å². The Morgan fingerprint density at radius 1 is 0.882 bits per heavy atom. The number of thioether (sulfide) groups is 1. The average molecular weight is 485 g/mol. The van der Waals surface area contributed by atoms with Gasteiger partial charge in [-0.15, -0.1) is 21.5 Å². The molecule has 1 amide bonds. The molecule has 1 saturated heterocycles. The van der Waals surface area contributed by atoms with Crippen LogP contribution in [0.3, 0.4) is 0 Å². The Morgan fingerprint density at radius 2 is 1.68 bits per heavy atom. The minimum Gasteiger partial charge on any atom is -0.284 e. The third-order valence-corrected chi connectivity index (χ3v) is 7.29. The number of hydrogen-bond donors (Lipinski definition) is 0. The molecule has 0 unspecified atom stereocenters. The van der Waals surface area contributed by atoms with Gasteiger partial charge >= 0.3 is 0 Å². The highest BCUT2D eigenvalue weighted by Crippen LogP contribution is 2.25. The smallest absolute Gasteiger partial charge is 0.284 e. The van der Waals surface area contributed by atoms with E-state index in [-0.39, 0.29) is 5.24 Å². The van der Waals surface area contributed by atoms with E-state index >= 15 is 0 Å². The van der Waals surface area contributed by atoms with Gasteiger partial charge in [0, 0.05) is 11.1 Å². The standard InChI is InChI=1S/C27H24N4OS2/c1-19-11-13-22(14-12-19)24-17-33-26(31(24)23-10-6-7-20(2)15-23)29-28-25-18-34-27(32)30(25)16-21-8-4-3-5-9-21/h3-15,17H,16,18H2,1-2H3. The molecule has 1 aromatic heterocycles. The molecule has 4 aromatic rings. The van der Waals surface area contributed by atoms with Gasteiger partial charge in [0.25, 0.3) is 5.24 Å². The van der Waals surface area contributed by atoms with Crippen LogP contribution in [0.4, 0.5) is 4.79 Å². The van der Waals surface area contributed by atoms with Crippen molar-refractivity contribution in [2.75, 3.05) is 5.75 Å². The van der Waals surface area contributed by atoms with E-state index in [0.29, 0.717) is 18.1 Å². The summed E-state index contributed by atoms with van der Waals surface area (Å²) in [5.41, 5.74) is 6.68. The Morgan fingerprint density at radius 3 is 2.44 bits per heavy atom. The number of carbonyl (C=O) groups is 1. The fourth-order valence-corrected chi connectivity index (χ4v) is 5.46. The van der Waals surface area contributed by atoms with Crippen molar-refractivity contribution < 1.29 is 4.79 Å².